The van der Waals surface area contributed by atoms with Crippen LogP contribution in [0.1, 0.15) is 26.3 Å². The zero-order valence-electron chi connectivity index (χ0n) is 13.2. The molecule has 2 amide bonds. The Labute approximate surface area is 158 Å². The first-order valence-electron chi connectivity index (χ1n) is 7.41. The summed E-state index contributed by atoms with van der Waals surface area (Å²) in [6.45, 7) is 0. The highest BCUT2D eigenvalue weighted by atomic mass is 32.2. The van der Waals surface area contributed by atoms with Crippen LogP contribution in [0.4, 0.5) is 0 Å². The van der Waals surface area contributed by atoms with Gasteiger partial charge in [0.15, 0.2) is 4.32 Å². The number of carbonyl (C=O) groups excluding carboxylic acids is 3. The van der Waals surface area contributed by atoms with Crippen LogP contribution in [0.5, 0.6) is 5.75 Å². The zero-order valence-corrected chi connectivity index (χ0v) is 14.8. The Hall–Kier alpha value is -2.97. The van der Waals surface area contributed by atoms with Crippen molar-refractivity contribution in [1.29, 1.82) is 0 Å². The molecule has 1 aliphatic heterocycles. The van der Waals surface area contributed by atoms with Crippen molar-refractivity contribution in [2.75, 3.05) is 0 Å². The number of amides is 2. The van der Waals surface area contributed by atoms with Crippen molar-refractivity contribution in [1.82, 2.24) is 10.4 Å². The molecule has 0 bridgehead atoms. The van der Waals surface area contributed by atoms with Crippen molar-refractivity contribution in [3.8, 4) is 5.75 Å². The predicted octanol–water partition coefficient (Wildman–Crippen LogP) is 2.75. The van der Waals surface area contributed by atoms with Gasteiger partial charge in [-0.15, -0.1) is 0 Å². The maximum absolute atomic E-state index is 12.5. The number of phenolic OH excluding ortho intramolecular Hbond substituents is 1. The van der Waals surface area contributed by atoms with Crippen LogP contribution in [0.2, 0.25) is 0 Å². The lowest BCUT2D eigenvalue weighted by Crippen LogP contribution is -2.44. The lowest BCUT2D eigenvalue weighted by Gasteiger charge is -2.15. The molecule has 0 spiro atoms. The average molecular weight is 384 g/mol. The molecule has 1 heterocycles. The first-order valence-corrected chi connectivity index (χ1v) is 8.63. The van der Waals surface area contributed by atoms with E-state index >= 15 is 0 Å². The van der Waals surface area contributed by atoms with Gasteiger partial charge in [0.05, 0.1) is 4.91 Å². The van der Waals surface area contributed by atoms with Crippen molar-refractivity contribution in [2.45, 2.75) is 0 Å². The maximum Gasteiger partial charge on any atom is 0.285 e. The average Bonchev–Trinajstić information content (AvgIpc) is 2.89. The number of aldehydes is 1. The summed E-state index contributed by atoms with van der Waals surface area (Å²) in [5.74, 6) is -1.07. The second-order valence-corrected chi connectivity index (χ2v) is 6.97. The van der Waals surface area contributed by atoms with E-state index in [9.17, 15) is 19.5 Å². The molecule has 0 saturated carbocycles. The molecule has 0 aromatic heterocycles. The second-order valence-electron chi connectivity index (χ2n) is 5.29. The molecule has 2 N–H and O–H groups in total. The minimum atomic E-state index is -0.561. The number of nitrogens with one attached hydrogen (secondary N) is 1. The predicted molar refractivity (Wildman–Crippen MR) is 102 cm³/mol. The van der Waals surface area contributed by atoms with Crippen LogP contribution < -0.4 is 5.43 Å². The summed E-state index contributed by atoms with van der Waals surface area (Å²) in [7, 11) is 0. The maximum atomic E-state index is 12.5. The third kappa shape index (κ3) is 3.81. The van der Waals surface area contributed by atoms with E-state index in [-0.39, 0.29) is 15.6 Å². The molecule has 8 heteroatoms. The number of nitrogens with zero attached hydrogens (tertiary/aromatic N) is 1. The van der Waals surface area contributed by atoms with Gasteiger partial charge < -0.3 is 5.11 Å². The Morgan fingerprint density at radius 1 is 1.15 bits per heavy atom. The van der Waals surface area contributed by atoms with Crippen molar-refractivity contribution < 1.29 is 19.5 Å². The first-order chi connectivity index (χ1) is 12.5. The fourth-order valence-corrected chi connectivity index (χ4v) is 3.38. The fourth-order valence-electron chi connectivity index (χ4n) is 2.20. The molecule has 130 valence electrons. The molecular weight excluding hydrogens is 372 g/mol. The summed E-state index contributed by atoms with van der Waals surface area (Å²) in [6.07, 6.45) is 2.37. The molecule has 3 rings (SSSR count). The number of phenols is 1. The molecular formula is C18H12N2O4S2. The minimum absolute atomic E-state index is 0.0540. The summed E-state index contributed by atoms with van der Waals surface area (Å²) < 4.78 is 0.194. The molecule has 0 radical (unpaired) electrons. The van der Waals surface area contributed by atoms with E-state index in [0.29, 0.717) is 10.5 Å². The summed E-state index contributed by atoms with van der Waals surface area (Å²) in [5.41, 5.74) is 3.91. The largest absolute Gasteiger partial charge is 0.508 e. The quantitative estimate of drug-likeness (QED) is 0.479. The van der Waals surface area contributed by atoms with Gasteiger partial charge in [-0.25, -0.2) is 0 Å². The summed E-state index contributed by atoms with van der Waals surface area (Å²) in [6, 6.07) is 12.5. The van der Waals surface area contributed by atoms with E-state index in [2.05, 4.69) is 5.43 Å². The molecule has 1 aliphatic rings. The molecule has 1 saturated heterocycles. The fraction of sp³-hybridized carbons (Fsp3) is 0. The van der Waals surface area contributed by atoms with Crippen LogP contribution in [0, 0.1) is 0 Å². The standard InChI is InChI=1S/C18H12N2O4S2/c21-10-12-6-4-11(5-7-12)8-15-17(24)20(18(25)26-15)19-16(23)13-2-1-3-14(22)9-13/h1-10,22H,(H,19,23). The van der Waals surface area contributed by atoms with Gasteiger partial charge in [-0.3, -0.25) is 19.8 Å². The Morgan fingerprint density at radius 3 is 2.50 bits per heavy atom. The highest BCUT2D eigenvalue weighted by Gasteiger charge is 2.33. The van der Waals surface area contributed by atoms with E-state index in [0.717, 1.165) is 28.6 Å². The highest BCUT2D eigenvalue weighted by molar-refractivity contribution is 8.26. The van der Waals surface area contributed by atoms with E-state index in [1.807, 2.05) is 0 Å². The van der Waals surface area contributed by atoms with Gasteiger partial charge in [0.2, 0.25) is 0 Å². The van der Waals surface area contributed by atoms with E-state index in [4.69, 9.17) is 12.2 Å². The number of hydrogen-bond acceptors (Lipinski definition) is 6. The van der Waals surface area contributed by atoms with Crippen molar-refractivity contribution >= 4 is 52.5 Å². The number of thioether (sulfide) groups is 1. The Bertz CT molecular complexity index is 938. The van der Waals surface area contributed by atoms with Gasteiger partial charge in [-0.1, -0.05) is 42.1 Å². The monoisotopic (exact) mass is 384 g/mol. The van der Waals surface area contributed by atoms with Gasteiger partial charge in [0, 0.05) is 11.1 Å². The molecule has 0 unspecified atom stereocenters. The molecule has 2 aromatic carbocycles. The molecule has 0 atom stereocenters. The Kier molecular flexibility index (Phi) is 5.15. The summed E-state index contributed by atoms with van der Waals surface area (Å²) >= 11 is 6.22. The van der Waals surface area contributed by atoms with Crippen LogP contribution >= 0.6 is 24.0 Å². The number of rotatable bonds is 4. The van der Waals surface area contributed by atoms with Crippen LogP contribution in [0.25, 0.3) is 6.08 Å². The Balaban J connectivity index is 1.76. The van der Waals surface area contributed by atoms with Crippen molar-refractivity contribution in [3.05, 3.63) is 70.1 Å². The highest BCUT2D eigenvalue weighted by Crippen LogP contribution is 2.31. The van der Waals surface area contributed by atoms with Gasteiger partial charge in [-0.2, -0.15) is 5.01 Å². The summed E-state index contributed by atoms with van der Waals surface area (Å²) in [5, 5.41) is 10.4. The van der Waals surface area contributed by atoms with E-state index < -0.39 is 11.8 Å². The van der Waals surface area contributed by atoms with Crippen LogP contribution in [-0.4, -0.2) is 32.5 Å². The Morgan fingerprint density at radius 2 is 1.85 bits per heavy atom. The first kappa shape index (κ1) is 17.8. The SMILES string of the molecule is O=Cc1ccc(C=C2SC(=S)N(NC(=O)c3cccc(O)c3)C2=O)cc1. The van der Waals surface area contributed by atoms with E-state index in [1.54, 1.807) is 30.3 Å². The smallest absolute Gasteiger partial charge is 0.285 e. The van der Waals surface area contributed by atoms with Gasteiger partial charge in [-0.05, 0) is 42.1 Å². The van der Waals surface area contributed by atoms with Crippen LogP contribution in [0.3, 0.4) is 0 Å². The molecule has 26 heavy (non-hydrogen) atoms. The van der Waals surface area contributed by atoms with Crippen molar-refractivity contribution in [3.63, 3.8) is 0 Å². The number of thiocarbonyl (C=S) groups is 1. The topological polar surface area (TPSA) is 86.7 Å². The number of hydrogen-bond donors (Lipinski definition) is 2. The third-order valence-corrected chi connectivity index (χ3v) is 4.79. The minimum Gasteiger partial charge on any atom is -0.508 e. The second kappa shape index (κ2) is 7.51. The number of aromatic hydroxyl groups is 1. The number of benzene rings is 2. The number of carbonyl (C=O) groups is 3. The third-order valence-electron chi connectivity index (χ3n) is 3.49. The van der Waals surface area contributed by atoms with Gasteiger partial charge in [0.25, 0.3) is 11.8 Å². The van der Waals surface area contributed by atoms with Gasteiger partial charge in [0.1, 0.15) is 12.0 Å². The normalized spacial score (nSPS) is 15.4. The van der Waals surface area contributed by atoms with E-state index in [1.165, 1.54) is 24.3 Å². The zero-order chi connectivity index (χ0) is 18.7. The number of hydrazine groups is 1. The van der Waals surface area contributed by atoms with Crippen LogP contribution in [-0.2, 0) is 4.79 Å². The molecule has 2 aromatic rings. The van der Waals surface area contributed by atoms with Gasteiger partial charge >= 0.3 is 0 Å². The van der Waals surface area contributed by atoms with Crippen molar-refractivity contribution in [2.24, 2.45) is 0 Å². The lowest BCUT2D eigenvalue weighted by molar-refractivity contribution is -0.123. The molecule has 0 aliphatic carbocycles. The lowest BCUT2D eigenvalue weighted by atomic mass is 10.1. The van der Waals surface area contributed by atoms with Crippen LogP contribution in [0.15, 0.2) is 53.4 Å². The summed E-state index contributed by atoms with van der Waals surface area (Å²) in [4.78, 5) is 35.8. The molecule has 6 nitrogen and oxygen atoms in total. The molecule has 1 fully saturated rings.